The van der Waals surface area contributed by atoms with Crippen LogP contribution in [0.1, 0.15) is 33.1 Å². The maximum absolute atomic E-state index is 11.2. The summed E-state index contributed by atoms with van der Waals surface area (Å²) in [6.45, 7) is 3.15. The molecule has 86 valence electrons. The van der Waals surface area contributed by atoms with Crippen molar-refractivity contribution in [1.29, 1.82) is 0 Å². The molecule has 15 heavy (non-hydrogen) atoms. The fourth-order valence-electron chi connectivity index (χ4n) is 3.29. The largest absolute Gasteiger partial charge is 0.481 e. The topological polar surface area (TPSA) is 57.5 Å². The molecule has 2 aliphatic rings. The lowest BCUT2D eigenvalue weighted by atomic mass is 9.66. The molecule has 4 heteroatoms. The third-order valence-corrected chi connectivity index (χ3v) is 5.15. The van der Waals surface area contributed by atoms with Crippen LogP contribution in [0.2, 0.25) is 0 Å². The quantitative estimate of drug-likeness (QED) is 0.715. The highest BCUT2D eigenvalue weighted by Gasteiger charge is 2.65. The average Bonchev–Trinajstić information content (AvgIpc) is 2.70. The Hall–Kier alpha value is -0.280. The molecule has 4 unspecified atom stereocenters. The van der Waals surface area contributed by atoms with E-state index in [1.807, 2.05) is 0 Å². The second kappa shape index (κ2) is 3.11. The van der Waals surface area contributed by atoms with Crippen LogP contribution < -0.4 is 0 Å². The van der Waals surface area contributed by atoms with Crippen molar-refractivity contribution in [2.24, 2.45) is 17.3 Å². The van der Waals surface area contributed by atoms with Gasteiger partial charge in [0, 0.05) is 0 Å². The number of hydrogen-bond donors (Lipinski definition) is 2. The van der Waals surface area contributed by atoms with Crippen LogP contribution in [-0.2, 0) is 4.79 Å². The summed E-state index contributed by atoms with van der Waals surface area (Å²) in [6.07, 6.45) is 2.80. The Morgan fingerprint density at radius 3 is 2.47 bits per heavy atom. The van der Waals surface area contributed by atoms with E-state index < -0.39 is 22.4 Å². The Kier molecular flexibility index (Phi) is 2.32. The predicted molar refractivity (Wildman–Crippen MR) is 56.8 cm³/mol. The zero-order chi connectivity index (χ0) is 11.4. The van der Waals surface area contributed by atoms with Gasteiger partial charge in [-0.1, -0.05) is 0 Å². The minimum Gasteiger partial charge on any atom is -0.481 e. The van der Waals surface area contributed by atoms with Crippen molar-refractivity contribution in [3.05, 3.63) is 0 Å². The van der Waals surface area contributed by atoms with Gasteiger partial charge < -0.3 is 10.2 Å². The van der Waals surface area contributed by atoms with Crippen LogP contribution in [0.4, 0.5) is 0 Å². The Morgan fingerprint density at radius 1 is 1.47 bits per heavy atom. The van der Waals surface area contributed by atoms with Gasteiger partial charge in [-0.3, -0.25) is 4.79 Å². The van der Waals surface area contributed by atoms with Gasteiger partial charge in [0.1, 0.15) is 0 Å². The van der Waals surface area contributed by atoms with E-state index in [2.05, 4.69) is 0 Å². The number of carboxylic acids is 1. The second-order valence-corrected chi connectivity index (χ2v) is 5.90. The third-order valence-electron chi connectivity index (χ3n) is 4.47. The minimum atomic E-state index is -1.25. The standard InChI is InChI=1S/C11H17ClO3/c1-10(2,9(13)14)11(15)7-4-3-6(5-7)8(11)12/h6-8,15H,3-5H2,1-2H3,(H,13,14). The Morgan fingerprint density at radius 2 is 2.07 bits per heavy atom. The molecule has 2 saturated carbocycles. The summed E-state index contributed by atoms with van der Waals surface area (Å²) in [7, 11) is 0. The summed E-state index contributed by atoms with van der Waals surface area (Å²) in [5.74, 6) is -0.625. The molecule has 2 N–H and O–H groups in total. The third kappa shape index (κ3) is 1.19. The zero-order valence-corrected chi connectivity index (χ0v) is 9.79. The van der Waals surface area contributed by atoms with Crippen molar-refractivity contribution >= 4 is 17.6 Å². The van der Waals surface area contributed by atoms with Gasteiger partial charge >= 0.3 is 5.97 Å². The monoisotopic (exact) mass is 232 g/mol. The van der Waals surface area contributed by atoms with Crippen molar-refractivity contribution in [1.82, 2.24) is 0 Å². The second-order valence-electron chi connectivity index (χ2n) is 5.43. The predicted octanol–water partition coefficient (Wildman–Crippen LogP) is 1.87. The summed E-state index contributed by atoms with van der Waals surface area (Å²) >= 11 is 6.23. The molecule has 2 rings (SSSR count). The summed E-state index contributed by atoms with van der Waals surface area (Å²) in [5, 5.41) is 19.4. The van der Waals surface area contributed by atoms with Gasteiger partial charge in [-0.15, -0.1) is 11.6 Å². The lowest BCUT2D eigenvalue weighted by Crippen LogP contribution is -2.58. The number of aliphatic carboxylic acids is 1. The molecule has 0 spiro atoms. The highest BCUT2D eigenvalue weighted by atomic mass is 35.5. The van der Waals surface area contributed by atoms with Crippen molar-refractivity contribution in [2.75, 3.05) is 0 Å². The number of carboxylic acid groups (broad SMARTS) is 1. The molecule has 0 amide bonds. The first-order valence-corrected chi connectivity index (χ1v) is 5.85. The van der Waals surface area contributed by atoms with Gasteiger partial charge in [0.05, 0.1) is 16.4 Å². The first kappa shape index (κ1) is 11.2. The Bertz CT molecular complexity index is 298. The van der Waals surface area contributed by atoms with Crippen LogP contribution in [0.15, 0.2) is 0 Å². The number of aliphatic hydroxyl groups is 1. The van der Waals surface area contributed by atoms with E-state index in [4.69, 9.17) is 11.6 Å². The highest BCUT2D eigenvalue weighted by molar-refractivity contribution is 6.22. The molecule has 0 aromatic rings. The lowest BCUT2D eigenvalue weighted by Gasteiger charge is -2.45. The molecule has 0 saturated heterocycles. The summed E-state index contributed by atoms with van der Waals surface area (Å²) < 4.78 is 0. The number of alkyl halides is 1. The molecule has 2 bridgehead atoms. The van der Waals surface area contributed by atoms with Gasteiger partial charge in [0.25, 0.3) is 0 Å². The molecule has 0 aliphatic heterocycles. The Labute approximate surface area is 94.4 Å². The fraction of sp³-hybridized carbons (Fsp3) is 0.909. The van der Waals surface area contributed by atoms with E-state index >= 15 is 0 Å². The molecule has 2 fully saturated rings. The maximum atomic E-state index is 11.2. The number of rotatable bonds is 2. The smallest absolute Gasteiger partial charge is 0.312 e. The van der Waals surface area contributed by atoms with Crippen LogP contribution in [0.25, 0.3) is 0 Å². The molecule has 3 nitrogen and oxygen atoms in total. The van der Waals surface area contributed by atoms with Crippen LogP contribution in [0.5, 0.6) is 0 Å². The van der Waals surface area contributed by atoms with Crippen molar-refractivity contribution in [2.45, 2.75) is 44.1 Å². The average molecular weight is 233 g/mol. The van der Waals surface area contributed by atoms with E-state index in [9.17, 15) is 15.0 Å². The van der Waals surface area contributed by atoms with Crippen LogP contribution >= 0.6 is 11.6 Å². The lowest BCUT2D eigenvalue weighted by molar-refractivity contribution is -0.171. The Balaban J connectivity index is 2.38. The molecule has 0 heterocycles. The van der Waals surface area contributed by atoms with E-state index in [1.165, 1.54) is 0 Å². The van der Waals surface area contributed by atoms with Crippen LogP contribution in [-0.4, -0.2) is 27.2 Å². The molecule has 4 atom stereocenters. The van der Waals surface area contributed by atoms with E-state index in [1.54, 1.807) is 13.8 Å². The molecule has 0 aromatic heterocycles. The van der Waals surface area contributed by atoms with E-state index in [0.717, 1.165) is 19.3 Å². The van der Waals surface area contributed by atoms with Crippen molar-refractivity contribution < 1.29 is 15.0 Å². The van der Waals surface area contributed by atoms with E-state index in [-0.39, 0.29) is 5.92 Å². The van der Waals surface area contributed by atoms with Gasteiger partial charge in [-0.05, 0) is 44.9 Å². The molecular formula is C11H17ClO3. The van der Waals surface area contributed by atoms with Crippen molar-refractivity contribution in [3.8, 4) is 0 Å². The van der Waals surface area contributed by atoms with Gasteiger partial charge in [-0.2, -0.15) is 0 Å². The molecule has 0 radical (unpaired) electrons. The molecular weight excluding hydrogens is 216 g/mol. The zero-order valence-electron chi connectivity index (χ0n) is 9.03. The molecule has 0 aromatic carbocycles. The fourth-order valence-corrected chi connectivity index (χ4v) is 3.97. The van der Waals surface area contributed by atoms with E-state index in [0.29, 0.717) is 5.92 Å². The van der Waals surface area contributed by atoms with Crippen LogP contribution in [0.3, 0.4) is 0 Å². The number of carbonyl (C=O) groups is 1. The minimum absolute atomic E-state index is 0.0519. The van der Waals surface area contributed by atoms with Crippen molar-refractivity contribution in [3.63, 3.8) is 0 Å². The summed E-state index contributed by atoms with van der Waals surface area (Å²) in [4.78, 5) is 11.2. The first-order valence-electron chi connectivity index (χ1n) is 5.41. The highest BCUT2D eigenvalue weighted by Crippen LogP contribution is 2.59. The van der Waals surface area contributed by atoms with Gasteiger partial charge in [-0.25, -0.2) is 0 Å². The summed E-state index contributed by atoms with van der Waals surface area (Å²) in [6, 6.07) is 0. The van der Waals surface area contributed by atoms with Gasteiger partial charge in [0.2, 0.25) is 0 Å². The first-order chi connectivity index (χ1) is 6.81. The van der Waals surface area contributed by atoms with Gasteiger partial charge in [0.15, 0.2) is 0 Å². The molecule has 2 aliphatic carbocycles. The number of halogens is 1. The summed E-state index contributed by atoms with van der Waals surface area (Å²) in [5.41, 5.74) is -2.41. The van der Waals surface area contributed by atoms with Crippen LogP contribution in [0, 0.1) is 17.3 Å². The number of fused-ring (bicyclic) bond motifs is 2. The maximum Gasteiger partial charge on any atom is 0.312 e. The SMILES string of the molecule is CC(C)(C(=O)O)C1(O)C2CCC(C2)C1Cl. The number of hydrogen-bond acceptors (Lipinski definition) is 2. The normalized spacial score (nSPS) is 44.7.